The van der Waals surface area contributed by atoms with Gasteiger partial charge in [0.15, 0.2) is 11.6 Å². The molecule has 0 spiro atoms. The van der Waals surface area contributed by atoms with Crippen molar-refractivity contribution in [3.63, 3.8) is 0 Å². The number of benzene rings is 2. The summed E-state index contributed by atoms with van der Waals surface area (Å²) in [6.07, 6.45) is 1.45. The van der Waals surface area contributed by atoms with Gasteiger partial charge in [0, 0.05) is 12.6 Å². The molecule has 0 saturated heterocycles. The second kappa shape index (κ2) is 8.64. The Labute approximate surface area is 159 Å². The van der Waals surface area contributed by atoms with Gasteiger partial charge in [0.2, 0.25) is 0 Å². The van der Waals surface area contributed by atoms with Crippen LogP contribution in [0, 0.1) is 11.6 Å². The molecule has 5 nitrogen and oxygen atoms in total. The molecule has 140 valence electrons. The predicted molar refractivity (Wildman–Crippen MR) is 99.4 cm³/mol. The Balaban J connectivity index is 1.59. The minimum atomic E-state index is -0.779. The highest BCUT2D eigenvalue weighted by Crippen LogP contribution is 2.18. The molecule has 3 aromatic rings. The summed E-state index contributed by atoms with van der Waals surface area (Å²) in [5, 5.41) is 7.03. The molecule has 0 aliphatic heterocycles. The summed E-state index contributed by atoms with van der Waals surface area (Å²) in [6, 6.07) is 12.5. The van der Waals surface area contributed by atoms with E-state index in [1.165, 1.54) is 16.9 Å². The van der Waals surface area contributed by atoms with Gasteiger partial charge >= 0.3 is 0 Å². The molecule has 0 fully saturated rings. The first-order chi connectivity index (χ1) is 13.0. The molecule has 0 saturated carbocycles. The van der Waals surface area contributed by atoms with Crippen LogP contribution in [0.2, 0.25) is 5.02 Å². The molecule has 0 bridgehead atoms. The van der Waals surface area contributed by atoms with E-state index in [1.807, 2.05) is 30.3 Å². The molecule has 3 rings (SSSR count). The molecule has 1 N–H and O–H groups in total. The molecule has 27 heavy (non-hydrogen) atoms. The summed E-state index contributed by atoms with van der Waals surface area (Å²) < 4.78 is 32.8. The molecule has 1 heterocycles. The smallest absolute Gasteiger partial charge is 0.287 e. The van der Waals surface area contributed by atoms with Crippen molar-refractivity contribution in [1.82, 2.24) is 9.78 Å². The summed E-state index contributed by atoms with van der Waals surface area (Å²) >= 11 is 6.12. The molecule has 0 aliphatic rings. The van der Waals surface area contributed by atoms with E-state index in [9.17, 15) is 13.6 Å². The fourth-order valence-electron chi connectivity index (χ4n) is 2.40. The van der Waals surface area contributed by atoms with Crippen molar-refractivity contribution < 1.29 is 13.5 Å². The quantitative estimate of drug-likeness (QED) is 0.624. The standard InChI is InChI=1S/C19H16ClF2N3O2/c20-18-16(23-8-9-27-17-7-6-14(21)10-15(17)22)11-24-25(19(18)26)12-13-4-2-1-3-5-13/h1-7,10-11,23H,8-9,12H2. The third-order valence-electron chi connectivity index (χ3n) is 3.73. The number of halogens is 3. The Kier molecular flexibility index (Phi) is 6.03. The summed E-state index contributed by atoms with van der Waals surface area (Å²) in [6.45, 7) is 0.652. The van der Waals surface area contributed by atoms with Crippen LogP contribution in [0.15, 0.2) is 59.5 Å². The van der Waals surface area contributed by atoms with Crippen LogP contribution < -0.4 is 15.6 Å². The van der Waals surface area contributed by atoms with E-state index in [2.05, 4.69) is 10.4 Å². The van der Waals surface area contributed by atoms with E-state index in [4.69, 9.17) is 16.3 Å². The van der Waals surface area contributed by atoms with Gasteiger partial charge < -0.3 is 10.1 Å². The average molecular weight is 392 g/mol. The van der Waals surface area contributed by atoms with Crippen LogP contribution in [-0.4, -0.2) is 22.9 Å². The fourth-order valence-corrected chi connectivity index (χ4v) is 2.61. The zero-order chi connectivity index (χ0) is 19.2. The molecular formula is C19H16ClF2N3O2. The lowest BCUT2D eigenvalue weighted by Crippen LogP contribution is -2.25. The third kappa shape index (κ3) is 4.83. The molecule has 0 unspecified atom stereocenters. The monoisotopic (exact) mass is 391 g/mol. The highest BCUT2D eigenvalue weighted by molar-refractivity contribution is 6.32. The largest absolute Gasteiger partial charge is 0.489 e. The van der Waals surface area contributed by atoms with Crippen molar-refractivity contribution in [2.24, 2.45) is 0 Å². The number of hydrogen-bond donors (Lipinski definition) is 1. The van der Waals surface area contributed by atoms with Crippen LogP contribution >= 0.6 is 11.6 Å². The van der Waals surface area contributed by atoms with Crippen LogP contribution in [0.4, 0.5) is 14.5 Å². The highest BCUT2D eigenvalue weighted by Gasteiger charge is 2.10. The van der Waals surface area contributed by atoms with E-state index in [0.717, 1.165) is 17.7 Å². The van der Waals surface area contributed by atoms with Gasteiger partial charge in [-0.25, -0.2) is 13.5 Å². The van der Waals surface area contributed by atoms with Crippen molar-refractivity contribution in [3.05, 3.63) is 87.3 Å². The molecule has 1 aromatic heterocycles. The van der Waals surface area contributed by atoms with Gasteiger partial charge in [0.25, 0.3) is 5.56 Å². The maximum Gasteiger partial charge on any atom is 0.287 e. The number of nitrogens with zero attached hydrogens (tertiary/aromatic N) is 2. The number of ether oxygens (including phenoxy) is 1. The molecule has 0 aliphatic carbocycles. The van der Waals surface area contributed by atoms with Crippen LogP contribution in [0.5, 0.6) is 5.75 Å². The number of rotatable bonds is 7. The van der Waals surface area contributed by atoms with E-state index >= 15 is 0 Å². The second-order valence-corrected chi connectivity index (χ2v) is 6.05. The third-order valence-corrected chi connectivity index (χ3v) is 4.09. The molecular weight excluding hydrogens is 376 g/mol. The first kappa shape index (κ1) is 18.8. The molecule has 0 amide bonds. The Hall–Kier alpha value is -2.93. The van der Waals surface area contributed by atoms with Crippen molar-refractivity contribution >= 4 is 17.3 Å². The van der Waals surface area contributed by atoms with Crippen LogP contribution in [-0.2, 0) is 6.54 Å². The summed E-state index contributed by atoms with van der Waals surface area (Å²) in [5.74, 6) is -1.51. The van der Waals surface area contributed by atoms with Gasteiger partial charge in [-0.15, -0.1) is 0 Å². The first-order valence-corrected chi connectivity index (χ1v) is 8.53. The summed E-state index contributed by atoms with van der Waals surface area (Å²) in [4.78, 5) is 12.3. The van der Waals surface area contributed by atoms with Crippen LogP contribution in [0.25, 0.3) is 0 Å². The fraction of sp³-hybridized carbons (Fsp3) is 0.158. The lowest BCUT2D eigenvalue weighted by molar-refractivity contribution is 0.314. The van der Waals surface area contributed by atoms with Crippen molar-refractivity contribution in [2.75, 3.05) is 18.5 Å². The van der Waals surface area contributed by atoms with Crippen LogP contribution in [0.1, 0.15) is 5.56 Å². The predicted octanol–water partition coefficient (Wildman–Crippen LogP) is 3.71. The van der Waals surface area contributed by atoms with E-state index in [1.54, 1.807) is 0 Å². The Morgan fingerprint density at radius 3 is 2.67 bits per heavy atom. The van der Waals surface area contributed by atoms with Gasteiger partial charge in [-0.3, -0.25) is 4.79 Å². The number of aromatic nitrogens is 2. The molecule has 0 atom stereocenters. The highest BCUT2D eigenvalue weighted by atomic mass is 35.5. The number of anilines is 1. The van der Waals surface area contributed by atoms with Gasteiger partial charge in [0.05, 0.1) is 18.4 Å². The van der Waals surface area contributed by atoms with Gasteiger partial charge in [-0.05, 0) is 17.7 Å². The Morgan fingerprint density at radius 1 is 1.15 bits per heavy atom. The van der Waals surface area contributed by atoms with Crippen molar-refractivity contribution in [3.8, 4) is 5.75 Å². The minimum Gasteiger partial charge on any atom is -0.489 e. The van der Waals surface area contributed by atoms with E-state index in [0.29, 0.717) is 12.2 Å². The lowest BCUT2D eigenvalue weighted by Gasteiger charge is -2.11. The van der Waals surface area contributed by atoms with Crippen LogP contribution in [0.3, 0.4) is 0 Å². The molecule has 8 heteroatoms. The lowest BCUT2D eigenvalue weighted by atomic mass is 10.2. The topological polar surface area (TPSA) is 56.1 Å². The average Bonchev–Trinajstić information content (AvgIpc) is 2.66. The SMILES string of the molecule is O=c1c(Cl)c(NCCOc2ccc(F)cc2F)cnn1Cc1ccccc1. The zero-order valence-electron chi connectivity index (χ0n) is 14.2. The van der Waals surface area contributed by atoms with E-state index < -0.39 is 17.2 Å². The maximum absolute atomic E-state index is 13.5. The zero-order valence-corrected chi connectivity index (χ0v) is 14.9. The van der Waals surface area contributed by atoms with E-state index in [-0.39, 0.29) is 23.9 Å². The van der Waals surface area contributed by atoms with Crippen molar-refractivity contribution in [1.29, 1.82) is 0 Å². The number of nitrogens with one attached hydrogen (secondary N) is 1. The molecule has 2 aromatic carbocycles. The minimum absolute atomic E-state index is 0.00824. The van der Waals surface area contributed by atoms with Crippen molar-refractivity contribution in [2.45, 2.75) is 6.54 Å². The van der Waals surface area contributed by atoms with Gasteiger partial charge in [-0.1, -0.05) is 41.9 Å². The summed E-state index contributed by atoms with van der Waals surface area (Å²) in [7, 11) is 0. The first-order valence-electron chi connectivity index (χ1n) is 8.16. The normalized spacial score (nSPS) is 10.6. The Bertz CT molecular complexity index is 980. The van der Waals surface area contributed by atoms with Gasteiger partial charge in [0.1, 0.15) is 17.4 Å². The van der Waals surface area contributed by atoms with Gasteiger partial charge in [-0.2, -0.15) is 5.10 Å². The summed E-state index contributed by atoms with van der Waals surface area (Å²) in [5.41, 5.74) is 0.865. The second-order valence-electron chi connectivity index (χ2n) is 5.67. The Morgan fingerprint density at radius 2 is 1.93 bits per heavy atom. The number of hydrogen-bond acceptors (Lipinski definition) is 4. The molecule has 0 radical (unpaired) electrons. The maximum atomic E-state index is 13.5.